The molecule has 8 heteroatoms. The van der Waals surface area contributed by atoms with E-state index < -0.39 is 0 Å². The highest BCUT2D eigenvalue weighted by Crippen LogP contribution is 2.29. The van der Waals surface area contributed by atoms with Gasteiger partial charge in [-0.1, -0.05) is 23.8 Å². The third-order valence-electron chi connectivity index (χ3n) is 3.65. The van der Waals surface area contributed by atoms with E-state index in [1.807, 2.05) is 4.90 Å². The average molecular weight is 363 g/mol. The van der Waals surface area contributed by atoms with Crippen molar-refractivity contribution < 1.29 is 9.59 Å². The van der Waals surface area contributed by atoms with E-state index in [1.165, 1.54) is 0 Å². The predicted octanol–water partition coefficient (Wildman–Crippen LogP) is 2.59. The highest BCUT2D eigenvalue weighted by atomic mass is 35.5. The molecule has 0 spiro atoms. The van der Waals surface area contributed by atoms with Gasteiger partial charge in [0.05, 0.1) is 22.8 Å². The fraction of sp³-hybridized carbons (Fsp3) is 0.188. The van der Waals surface area contributed by atoms with E-state index in [9.17, 15) is 9.59 Å². The zero-order valence-electron chi connectivity index (χ0n) is 12.6. The fourth-order valence-corrected chi connectivity index (χ4v) is 3.01. The first-order valence-electron chi connectivity index (χ1n) is 7.35. The Bertz CT molecular complexity index is 852. The van der Waals surface area contributed by atoms with Crippen molar-refractivity contribution in [1.29, 1.82) is 0 Å². The van der Waals surface area contributed by atoms with E-state index in [4.69, 9.17) is 23.8 Å². The highest BCUT2D eigenvalue weighted by molar-refractivity contribution is 7.71. The number of nitrogens with zero attached hydrogens (tertiary/aromatic N) is 1. The molecule has 0 unspecified atom stereocenters. The molecule has 0 atom stereocenters. The van der Waals surface area contributed by atoms with Gasteiger partial charge < -0.3 is 20.5 Å². The lowest BCUT2D eigenvalue weighted by Gasteiger charge is -2.29. The van der Waals surface area contributed by atoms with Gasteiger partial charge in [-0.15, -0.1) is 0 Å². The van der Waals surface area contributed by atoms with E-state index in [2.05, 4.69) is 15.6 Å². The Morgan fingerprint density at radius 1 is 1.33 bits per heavy atom. The van der Waals surface area contributed by atoms with Gasteiger partial charge in [0.1, 0.15) is 4.64 Å². The minimum Gasteiger partial charge on any atom is -0.359 e. The van der Waals surface area contributed by atoms with Gasteiger partial charge in [-0.2, -0.15) is 0 Å². The number of amides is 2. The molecule has 2 heterocycles. The fourth-order valence-electron chi connectivity index (χ4n) is 2.48. The van der Waals surface area contributed by atoms with Crippen LogP contribution in [0.4, 0.5) is 11.4 Å². The van der Waals surface area contributed by atoms with Crippen LogP contribution in [0, 0.1) is 4.64 Å². The molecule has 1 fully saturated rings. The molecule has 0 radical (unpaired) electrons. The van der Waals surface area contributed by atoms with Crippen molar-refractivity contribution >= 4 is 47.0 Å². The maximum Gasteiger partial charge on any atom is 0.258 e. The molecule has 6 nitrogen and oxygen atoms in total. The minimum absolute atomic E-state index is 0.0343. The van der Waals surface area contributed by atoms with Gasteiger partial charge in [-0.25, -0.2) is 0 Å². The van der Waals surface area contributed by atoms with Crippen LogP contribution in [0.3, 0.4) is 0 Å². The number of aromatic amines is 1. The normalized spacial score (nSPS) is 14.2. The van der Waals surface area contributed by atoms with Crippen LogP contribution >= 0.6 is 23.8 Å². The number of rotatable bonds is 3. The second-order valence-corrected chi connectivity index (χ2v) is 6.12. The lowest BCUT2D eigenvalue weighted by atomic mass is 10.2. The van der Waals surface area contributed by atoms with Gasteiger partial charge in [0.25, 0.3) is 5.91 Å². The van der Waals surface area contributed by atoms with E-state index in [-0.39, 0.29) is 18.4 Å². The molecule has 3 N–H and O–H groups in total. The Balaban J connectivity index is 1.77. The number of anilines is 2. The quantitative estimate of drug-likeness (QED) is 0.733. The molecule has 2 amide bonds. The molecule has 1 aliphatic rings. The third kappa shape index (κ3) is 3.58. The topological polar surface area (TPSA) is 77.2 Å². The SMILES string of the molecule is O=C1CN(c2ccc(NC(=O)c3ccc[nH]c3=S)cc2Cl)CCN1. The lowest BCUT2D eigenvalue weighted by Crippen LogP contribution is -2.47. The second kappa shape index (κ2) is 7.02. The molecule has 24 heavy (non-hydrogen) atoms. The molecular formula is C16H15ClN4O2S. The largest absolute Gasteiger partial charge is 0.359 e. The molecule has 0 aliphatic carbocycles. The van der Waals surface area contributed by atoms with Crippen molar-refractivity contribution in [3.05, 3.63) is 51.8 Å². The van der Waals surface area contributed by atoms with Crippen LogP contribution in [-0.4, -0.2) is 36.4 Å². The van der Waals surface area contributed by atoms with Gasteiger partial charge in [0.15, 0.2) is 0 Å². The Kier molecular flexibility index (Phi) is 4.82. The first kappa shape index (κ1) is 16.5. The molecule has 1 saturated heterocycles. The van der Waals surface area contributed by atoms with Gasteiger partial charge in [0.2, 0.25) is 5.91 Å². The summed E-state index contributed by atoms with van der Waals surface area (Å²) in [6.07, 6.45) is 1.67. The first-order chi connectivity index (χ1) is 11.5. The van der Waals surface area contributed by atoms with Crippen LogP contribution in [-0.2, 0) is 4.79 Å². The van der Waals surface area contributed by atoms with E-state index in [1.54, 1.807) is 36.5 Å². The van der Waals surface area contributed by atoms with Crippen LogP contribution in [0.25, 0.3) is 0 Å². The van der Waals surface area contributed by atoms with Crippen LogP contribution in [0.15, 0.2) is 36.5 Å². The number of hydrogen-bond acceptors (Lipinski definition) is 4. The summed E-state index contributed by atoms with van der Waals surface area (Å²) >= 11 is 11.4. The summed E-state index contributed by atoms with van der Waals surface area (Å²) in [5.74, 6) is -0.342. The Hall–Kier alpha value is -2.38. The summed E-state index contributed by atoms with van der Waals surface area (Å²) in [7, 11) is 0. The van der Waals surface area contributed by atoms with E-state index in [0.717, 1.165) is 5.69 Å². The molecule has 3 rings (SSSR count). The van der Waals surface area contributed by atoms with Crippen LogP contribution < -0.4 is 15.5 Å². The number of carbonyl (C=O) groups is 2. The number of hydrogen-bond donors (Lipinski definition) is 3. The van der Waals surface area contributed by atoms with Crippen molar-refractivity contribution in [1.82, 2.24) is 10.3 Å². The summed E-state index contributed by atoms with van der Waals surface area (Å²) in [5.41, 5.74) is 1.72. The Morgan fingerprint density at radius 2 is 2.17 bits per heavy atom. The number of halogens is 1. The predicted molar refractivity (Wildman–Crippen MR) is 96.3 cm³/mol. The molecular weight excluding hydrogens is 348 g/mol. The number of aromatic nitrogens is 1. The smallest absolute Gasteiger partial charge is 0.258 e. The summed E-state index contributed by atoms with van der Waals surface area (Å²) in [4.78, 5) is 28.5. The van der Waals surface area contributed by atoms with E-state index in [0.29, 0.717) is 34.0 Å². The van der Waals surface area contributed by atoms with Crippen molar-refractivity contribution in [3.8, 4) is 0 Å². The molecule has 1 aromatic carbocycles. The number of benzene rings is 1. The zero-order valence-corrected chi connectivity index (χ0v) is 14.2. The highest BCUT2D eigenvalue weighted by Gasteiger charge is 2.19. The van der Waals surface area contributed by atoms with Crippen LogP contribution in [0.1, 0.15) is 10.4 Å². The van der Waals surface area contributed by atoms with E-state index >= 15 is 0 Å². The van der Waals surface area contributed by atoms with Crippen molar-refractivity contribution in [2.24, 2.45) is 0 Å². The molecule has 1 aromatic heterocycles. The summed E-state index contributed by atoms with van der Waals surface area (Å²) in [5, 5.41) is 6.01. The minimum atomic E-state index is -0.307. The lowest BCUT2D eigenvalue weighted by molar-refractivity contribution is -0.120. The summed E-state index contributed by atoms with van der Waals surface area (Å²) in [6, 6.07) is 8.57. The number of nitrogens with one attached hydrogen (secondary N) is 3. The van der Waals surface area contributed by atoms with Crippen LogP contribution in [0.2, 0.25) is 5.02 Å². The van der Waals surface area contributed by atoms with Gasteiger partial charge in [0, 0.05) is 25.0 Å². The maximum atomic E-state index is 12.3. The number of H-pyrrole nitrogens is 1. The maximum absolute atomic E-state index is 12.3. The zero-order chi connectivity index (χ0) is 17.1. The van der Waals surface area contributed by atoms with Gasteiger partial charge in [-0.3, -0.25) is 9.59 Å². The van der Waals surface area contributed by atoms with Crippen molar-refractivity contribution in [2.45, 2.75) is 0 Å². The number of piperazine rings is 1. The number of carbonyl (C=O) groups excluding carboxylic acids is 2. The Morgan fingerprint density at radius 3 is 2.88 bits per heavy atom. The monoisotopic (exact) mass is 362 g/mol. The first-order valence-corrected chi connectivity index (χ1v) is 8.13. The van der Waals surface area contributed by atoms with Gasteiger partial charge >= 0.3 is 0 Å². The average Bonchev–Trinajstić information content (AvgIpc) is 2.55. The van der Waals surface area contributed by atoms with Crippen LogP contribution in [0.5, 0.6) is 0 Å². The molecule has 2 aromatic rings. The standard InChI is InChI=1S/C16H15ClN4O2S/c17-12-8-10(20-15(23)11-2-1-5-19-16(11)24)3-4-13(12)21-7-6-18-14(22)9-21/h1-5,8H,6-7,9H2,(H,18,22)(H,19,24)(H,20,23). The molecule has 1 aliphatic heterocycles. The molecule has 0 bridgehead atoms. The van der Waals surface area contributed by atoms with Crippen molar-refractivity contribution in [3.63, 3.8) is 0 Å². The van der Waals surface area contributed by atoms with Gasteiger partial charge in [-0.05, 0) is 30.3 Å². The van der Waals surface area contributed by atoms with Crippen molar-refractivity contribution in [2.75, 3.05) is 29.9 Å². The number of pyridine rings is 1. The second-order valence-electron chi connectivity index (χ2n) is 5.30. The Labute approximate surface area is 148 Å². The molecule has 0 saturated carbocycles. The molecule has 124 valence electrons. The summed E-state index contributed by atoms with van der Waals surface area (Å²) < 4.78 is 0.372. The summed E-state index contributed by atoms with van der Waals surface area (Å²) in [6.45, 7) is 1.54. The third-order valence-corrected chi connectivity index (χ3v) is 4.29.